The van der Waals surface area contributed by atoms with E-state index < -0.39 is 16.1 Å². The molecular weight excluding hydrogens is 390 g/mol. The summed E-state index contributed by atoms with van der Waals surface area (Å²) in [5, 5.41) is 4.40. The van der Waals surface area contributed by atoms with Gasteiger partial charge in [0.05, 0.1) is 23.9 Å². The quantitative estimate of drug-likeness (QED) is 0.599. The van der Waals surface area contributed by atoms with Gasteiger partial charge in [-0.3, -0.25) is 4.79 Å². The van der Waals surface area contributed by atoms with Crippen LogP contribution in [-0.4, -0.2) is 31.1 Å². The van der Waals surface area contributed by atoms with E-state index in [4.69, 9.17) is 4.74 Å². The molecule has 0 radical (unpaired) electrons. The standard InChI is InChI=1S/C21H23N3O4S/c1-14(23-29(26,27)20-11-5-17(6-12-20)16(3)25)21-13-22-24(15(21)2)18-7-9-19(28-4)10-8-18/h5-14,23H,1-4H3/t14-/m0/s1. The molecule has 1 heterocycles. The van der Waals surface area contributed by atoms with Crippen molar-refractivity contribution in [2.24, 2.45) is 0 Å². The molecule has 0 unspecified atom stereocenters. The number of carbonyl (C=O) groups is 1. The molecule has 1 atom stereocenters. The Morgan fingerprint density at radius 3 is 2.28 bits per heavy atom. The van der Waals surface area contributed by atoms with E-state index in [1.807, 2.05) is 31.2 Å². The van der Waals surface area contributed by atoms with Gasteiger partial charge in [0.15, 0.2) is 5.78 Å². The lowest BCUT2D eigenvalue weighted by Crippen LogP contribution is -2.27. The Labute approximate surface area is 170 Å². The van der Waals surface area contributed by atoms with Crippen molar-refractivity contribution < 1.29 is 17.9 Å². The normalized spacial score (nSPS) is 12.6. The van der Waals surface area contributed by atoms with Crippen LogP contribution in [0.25, 0.3) is 5.69 Å². The molecule has 0 amide bonds. The van der Waals surface area contributed by atoms with Crippen molar-refractivity contribution >= 4 is 15.8 Å². The van der Waals surface area contributed by atoms with E-state index in [0.29, 0.717) is 5.56 Å². The van der Waals surface area contributed by atoms with Crippen LogP contribution in [0.3, 0.4) is 0 Å². The van der Waals surface area contributed by atoms with Gasteiger partial charge >= 0.3 is 0 Å². The zero-order valence-electron chi connectivity index (χ0n) is 16.7. The molecule has 0 bridgehead atoms. The predicted octanol–water partition coefficient (Wildman–Crippen LogP) is 3.43. The van der Waals surface area contributed by atoms with Crippen molar-refractivity contribution in [3.05, 3.63) is 71.5 Å². The topological polar surface area (TPSA) is 90.3 Å². The van der Waals surface area contributed by atoms with Gasteiger partial charge in [-0.2, -0.15) is 5.10 Å². The number of aromatic nitrogens is 2. The highest BCUT2D eigenvalue weighted by Crippen LogP contribution is 2.23. The average molecular weight is 413 g/mol. The lowest BCUT2D eigenvalue weighted by Gasteiger charge is -2.15. The second-order valence-electron chi connectivity index (χ2n) is 6.72. The number of nitrogens with one attached hydrogen (secondary N) is 1. The van der Waals surface area contributed by atoms with Crippen LogP contribution >= 0.6 is 0 Å². The summed E-state index contributed by atoms with van der Waals surface area (Å²) in [6.45, 7) is 5.09. The average Bonchev–Trinajstić information content (AvgIpc) is 3.09. The first-order chi connectivity index (χ1) is 13.7. The number of hydrogen-bond donors (Lipinski definition) is 1. The van der Waals surface area contributed by atoms with Gasteiger partial charge in [0.1, 0.15) is 5.75 Å². The van der Waals surface area contributed by atoms with E-state index in [9.17, 15) is 13.2 Å². The summed E-state index contributed by atoms with van der Waals surface area (Å²) in [5.41, 5.74) is 2.92. The second kappa shape index (κ2) is 8.18. The fraction of sp³-hybridized carbons (Fsp3) is 0.238. The first-order valence-corrected chi connectivity index (χ1v) is 10.5. The van der Waals surface area contributed by atoms with Crippen LogP contribution in [0.4, 0.5) is 0 Å². The van der Waals surface area contributed by atoms with Crippen LogP contribution in [0.15, 0.2) is 59.6 Å². The van der Waals surface area contributed by atoms with Crippen LogP contribution < -0.4 is 9.46 Å². The maximum Gasteiger partial charge on any atom is 0.241 e. The second-order valence-corrected chi connectivity index (χ2v) is 8.43. The molecule has 0 aliphatic heterocycles. The zero-order valence-corrected chi connectivity index (χ0v) is 17.5. The van der Waals surface area contributed by atoms with Crippen LogP contribution in [-0.2, 0) is 10.0 Å². The monoisotopic (exact) mass is 413 g/mol. The molecule has 1 N–H and O–H groups in total. The third kappa shape index (κ3) is 4.38. The number of benzene rings is 2. The Morgan fingerprint density at radius 1 is 1.10 bits per heavy atom. The third-order valence-electron chi connectivity index (χ3n) is 4.73. The molecule has 29 heavy (non-hydrogen) atoms. The van der Waals surface area contributed by atoms with Crippen molar-refractivity contribution in [1.82, 2.24) is 14.5 Å². The van der Waals surface area contributed by atoms with Crippen molar-refractivity contribution in [3.8, 4) is 11.4 Å². The first-order valence-electron chi connectivity index (χ1n) is 9.05. The molecular formula is C21H23N3O4S. The zero-order chi connectivity index (χ0) is 21.2. The number of sulfonamides is 1. The van der Waals surface area contributed by atoms with Gasteiger partial charge in [-0.25, -0.2) is 17.8 Å². The van der Waals surface area contributed by atoms with E-state index in [0.717, 1.165) is 22.7 Å². The molecule has 3 aromatic rings. The number of hydrogen-bond acceptors (Lipinski definition) is 5. The molecule has 3 rings (SSSR count). The van der Waals surface area contributed by atoms with E-state index in [1.54, 1.807) is 24.9 Å². The maximum atomic E-state index is 12.7. The predicted molar refractivity (Wildman–Crippen MR) is 110 cm³/mol. The van der Waals surface area contributed by atoms with Crippen LogP contribution in [0.2, 0.25) is 0 Å². The summed E-state index contributed by atoms with van der Waals surface area (Å²) < 4.78 is 35.0. The minimum absolute atomic E-state index is 0.106. The summed E-state index contributed by atoms with van der Waals surface area (Å²) in [5.74, 6) is 0.632. The molecule has 0 fully saturated rings. The van der Waals surface area contributed by atoms with Gasteiger partial charge in [0.25, 0.3) is 0 Å². The lowest BCUT2D eigenvalue weighted by atomic mass is 10.1. The Morgan fingerprint density at radius 2 is 1.72 bits per heavy atom. The fourth-order valence-corrected chi connectivity index (χ4v) is 4.29. The number of nitrogens with zero attached hydrogens (tertiary/aromatic N) is 2. The largest absolute Gasteiger partial charge is 0.497 e. The number of methoxy groups -OCH3 is 1. The van der Waals surface area contributed by atoms with E-state index >= 15 is 0 Å². The van der Waals surface area contributed by atoms with Crippen LogP contribution in [0, 0.1) is 6.92 Å². The molecule has 0 aliphatic rings. The van der Waals surface area contributed by atoms with Crippen molar-refractivity contribution in [3.63, 3.8) is 0 Å². The molecule has 0 spiro atoms. The summed E-state index contributed by atoms with van der Waals surface area (Å²) in [4.78, 5) is 11.5. The van der Waals surface area contributed by atoms with Crippen LogP contribution in [0.1, 0.15) is 41.5 Å². The van der Waals surface area contributed by atoms with Crippen molar-refractivity contribution in [2.45, 2.75) is 31.7 Å². The van der Waals surface area contributed by atoms with Crippen molar-refractivity contribution in [2.75, 3.05) is 7.11 Å². The molecule has 0 saturated heterocycles. The molecule has 152 valence electrons. The smallest absolute Gasteiger partial charge is 0.241 e. The lowest BCUT2D eigenvalue weighted by molar-refractivity contribution is 0.101. The summed E-state index contributed by atoms with van der Waals surface area (Å²) in [6, 6.07) is 12.8. The number of rotatable bonds is 7. The van der Waals surface area contributed by atoms with Gasteiger partial charge in [0.2, 0.25) is 10.0 Å². The van der Waals surface area contributed by atoms with E-state index in [2.05, 4.69) is 9.82 Å². The molecule has 2 aromatic carbocycles. The molecule has 0 aliphatic carbocycles. The first kappa shape index (κ1) is 20.8. The Bertz CT molecular complexity index is 1120. The SMILES string of the molecule is COc1ccc(-n2ncc([C@H](C)NS(=O)(=O)c3ccc(C(C)=O)cc3)c2C)cc1. The highest BCUT2D eigenvalue weighted by Gasteiger charge is 2.22. The minimum Gasteiger partial charge on any atom is -0.497 e. The van der Waals surface area contributed by atoms with Gasteiger partial charge in [0, 0.05) is 22.9 Å². The van der Waals surface area contributed by atoms with Gasteiger partial charge < -0.3 is 4.74 Å². The summed E-state index contributed by atoms with van der Waals surface area (Å²) in [7, 11) is -2.14. The van der Waals surface area contributed by atoms with Crippen LogP contribution in [0.5, 0.6) is 5.75 Å². The number of Topliss-reactive ketones (excluding diaryl/α,β-unsaturated/α-hetero) is 1. The molecule has 1 aromatic heterocycles. The summed E-state index contributed by atoms with van der Waals surface area (Å²) >= 11 is 0. The molecule has 8 heteroatoms. The maximum absolute atomic E-state index is 12.7. The van der Waals surface area contributed by atoms with E-state index in [-0.39, 0.29) is 10.7 Å². The number of carbonyl (C=O) groups excluding carboxylic acids is 1. The molecule has 0 saturated carbocycles. The van der Waals surface area contributed by atoms with Crippen molar-refractivity contribution in [1.29, 1.82) is 0 Å². The Hall–Kier alpha value is -2.97. The number of ketones is 1. The van der Waals surface area contributed by atoms with Gasteiger partial charge in [-0.15, -0.1) is 0 Å². The highest BCUT2D eigenvalue weighted by molar-refractivity contribution is 7.89. The van der Waals surface area contributed by atoms with Gasteiger partial charge in [-0.05, 0) is 57.2 Å². The Balaban J connectivity index is 1.82. The Kier molecular flexibility index (Phi) is 5.86. The fourth-order valence-electron chi connectivity index (χ4n) is 3.06. The van der Waals surface area contributed by atoms with E-state index in [1.165, 1.54) is 31.2 Å². The molecule has 7 nitrogen and oxygen atoms in total. The van der Waals surface area contributed by atoms with Gasteiger partial charge in [-0.1, -0.05) is 12.1 Å². The summed E-state index contributed by atoms with van der Waals surface area (Å²) in [6.07, 6.45) is 1.66. The number of ether oxygens (including phenoxy) is 1. The minimum atomic E-state index is -3.75. The highest BCUT2D eigenvalue weighted by atomic mass is 32.2. The third-order valence-corrected chi connectivity index (χ3v) is 6.29.